The van der Waals surface area contributed by atoms with Gasteiger partial charge in [0, 0.05) is 48.4 Å². The molecule has 0 fully saturated rings. The van der Waals surface area contributed by atoms with Crippen molar-refractivity contribution in [2.24, 2.45) is 4.99 Å². The van der Waals surface area contributed by atoms with Crippen molar-refractivity contribution in [3.63, 3.8) is 0 Å². The molecule has 31 heavy (non-hydrogen) atoms. The second kappa shape index (κ2) is 14.7. The molecule has 3 aromatic heterocycles. The minimum atomic E-state index is 0. The topological polar surface area (TPSA) is 86.5 Å². The molecule has 0 saturated heterocycles. The molecule has 0 radical (unpaired) electrons. The minimum absolute atomic E-state index is 0. The zero-order valence-corrected chi connectivity index (χ0v) is 20.1. The van der Waals surface area contributed by atoms with Gasteiger partial charge in [0.1, 0.15) is 5.75 Å². The van der Waals surface area contributed by atoms with E-state index in [1.54, 1.807) is 25.6 Å². The zero-order chi connectivity index (χ0) is 19.8. The minimum Gasteiger partial charge on any atom is -0.495 e. The van der Waals surface area contributed by atoms with Gasteiger partial charge in [-0.05, 0) is 49.9 Å². The third-order valence-electron chi connectivity index (χ3n) is 4.50. The first kappa shape index (κ1) is 28.7. The van der Waals surface area contributed by atoms with E-state index in [4.69, 9.17) is 14.9 Å². The lowest BCUT2D eigenvalue weighted by Gasteiger charge is -2.06. The fraction of sp³-hybridized carbons (Fsp3) is 0.318. The van der Waals surface area contributed by atoms with E-state index in [0.717, 1.165) is 47.5 Å². The molecule has 0 saturated carbocycles. The number of anilines is 1. The van der Waals surface area contributed by atoms with E-state index in [2.05, 4.69) is 21.0 Å². The third-order valence-corrected chi connectivity index (χ3v) is 4.50. The molecule has 0 aliphatic rings. The van der Waals surface area contributed by atoms with Crippen LogP contribution in [-0.2, 0) is 12.8 Å². The number of pyridine rings is 2. The van der Waals surface area contributed by atoms with Crippen molar-refractivity contribution in [3.8, 4) is 5.75 Å². The first-order valence-corrected chi connectivity index (χ1v) is 9.43. The lowest BCUT2D eigenvalue weighted by Crippen LogP contribution is -2.07. The van der Waals surface area contributed by atoms with Gasteiger partial charge in [0.15, 0.2) is 0 Å². The summed E-state index contributed by atoms with van der Waals surface area (Å²) in [6.07, 6.45) is 8.81. The monoisotopic (exact) mass is 486 g/mol. The van der Waals surface area contributed by atoms with Crippen LogP contribution in [0.25, 0.3) is 0 Å². The maximum absolute atomic E-state index is 6.17. The van der Waals surface area contributed by atoms with Gasteiger partial charge in [-0.25, -0.2) is 0 Å². The number of ether oxygens (including phenoxy) is 1. The van der Waals surface area contributed by atoms with Gasteiger partial charge >= 0.3 is 0 Å². The normalized spacial score (nSPS) is 10.5. The molecule has 0 bridgehead atoms. The number of hydrogen-bond donors (Lipinski definition) is 1. The Labute approximate surface area is 201 Å². The molecule has 0 aliphatic heterocycles. The van der Waals surface area contributed by atoms with Crippen molar-refractivity contribution < 1.29 is 9.15 Å². The Hall–Kier alpha value is -2.28. The molecule has 0 aromatic carbocycles. The van der Waals surface area contributed by atoms with Crippen LogP contribution in [0.4, 0.5) is 5.69 Å². The first-order chi connectivity index (χ1) is 13.7. The van der Waals surface area contributed by atoms with Crippen LogP contribution in [0.15, 0.2) is 58.4 Å². The van der Waals surface area contributed by atoms with Crippen molar-refractivity contribution in [2.75, 3.05) is 19.4 Å². The number of aryl methyl sites for hydroxylation is 2. The largest absolute Gasteiger partial charge is 0.495 e. The van der Waals surface area contributed by atoms with Crippen LogP contribution in [0.1, 0.15) is 35.4 Å². The van der Waals surface area contributed by atoms with Gasteiger partial charge in [-0.1, -0.05) is 6.07 Å². The standard InChI is InChI=1S/C22H26N4O2.3ClH/c1-16-8-9-17(14-26-16)12-18-15-28-22(13-19(18)23)25-10-4-3-6-20-21(27-2)7-5-11-24-20;;;/h5,7-9,11,13-15H,3-4,6,10,12,23H2,1-2H3;3*1H. The molecule has 3 rings (SSSR count). The van der Waals surface area contributed by atoms with Crippen molar-refractivity contribution in [3.05, 3.63) is 77.1 Å². The maximum atomic E-state index is 6.17. The summed E-state index contributed by atoms with van der Waals surface area (Å²) in [7, 11) is 1.67. The predicted octanol–water partition coefficient (Wildman–Crippen LogP) is 4.75. The molecule has 0 atom stereocenters. The number of nitrogens with two attached hydrogens (primary N) is 1. The van der Waals surface area contributed by atoms with Crippen LogP contribution in [0.3, 0.4) is 0 Å². The molecule has 9 heteroatoms. The summed E-state index contributed by atoms with van der Waals surface area (Å²) in [5.41, 5.74) is 11.4. The second-order valence-corrected chi connectivity index (χ2v) is 6.67. The summed E-state index contributed by atoms with van der Waals surface area (Å²) < 4.78 is 11.0. The number of hydrogen-bond acceptors (Lipinski definition) is 6. The molecule has 2 N–H and O–H groups in total. The van der Waals surface area contributed by atoms with Gasteiger partial charge in [-0.3, -0.25) is 15.0 Å². The number of unbranched alkanes of at least 4 members (excludes halogenated alkanes) is 1. The third kappa shape index (κ3) is 8.77. The quantitative estimate of drug-likeness (QED) is 0.463. The molecular weight excluding hydrogens is 459 g/mol. The molecule has 0 amide bonds. The number of rotatable bonds is 8. The predicted molar refractivity (Wildman–Crippen MR) is 131 cm³/mol. The lowest BCUT2D eigenvalue weighted by atomic mass is 10.1. The van der Waals surface area contributed by atoms with Gasteiger partial charge < -0.3 is 14.9 Å². The molecule has 0 aliphatic carbocycles. The molecule has 0 unspecified atom stereocenters. The van der Waals surface area contributed by atoms with E-state index in [1.165, 1.54) is 0 Å². The lowest BCUT2D eigenvalue weighted by molar-refractivity contribution is 0.406. The molecular formula is C22H29Cl3N4O2. The van der Waals surface area contributed by atoms with Crippen molar-refractivity contribution in [2.45, 2.75) is 32.6 Å². The van der Waals surface area contributed by atoms with Crippen molar-refractivity contribution >= 4 is 42.9 Å². The Kier molecular flexibility index (Phi) is 13.6. The maximum Gasteiger partial charge on any atom is 0.215 e. The molecule has 3 heterocycles. The zero-order valence-electron chi connectivity index (χ0n) is 17.6. The summed E-state index contributed by atoms with van der Waals surface area (Å²) in [5.74, 6) is 0.835. The van der Waals surface area contributed by atoms with E-state index < -0.39 is 0 Å². The van der Waals surface area contributed by atoms with Gasteiger partial charge in [-0.15, -0.1) is 37.2 Å². The molecule has 6 nitrogen and oxygen atoms in total. The smallest absolute Gasteiger partial charge is 0.215 e. The highest BCUT2D eigenvalue weighted by atomic mass is 35.5. The Bertz CT molecular complexity index is 979. The molecule has 170 valence electrons. The van der Waals surface area contributed by atoms with Crippen LogP contribution in [0.2, 0.25) is 0 Å². The van der Waals surface area contributed by atoms with Crippen LogP contribution in [0, 0.1) is 6.92 Å². The Morgan fingerprint density at radius 3 is 2.58 bits per heavy atom. The average molecular weight is 488 g/mol. The highest BCUT2D eigenvalue weighted by Crippen LogP contribution is 2.17. The van der Waals surface area contributed by atoms with Crippen molar-refractivity contribution in [1.29, 1.82) is 0 Å². The van der Waals surface area contributed by atoms with E-state index in [1.807, 2.05) is 31.3 Å². The Balaban J connectivity index is 0.00000300. The fourth-order valence-corrected chi connectivity index (χ4v) is 2.90. The van der Waals surface area contributed by atoms with Crippen LogP contribution < -0.4 is 16.0 Å². The van der Waals surface area contributed by atoms with Gasteiger partial charge in [-0.2, -0.15) is 0 Å². The summed E-state index contributed by atoms with van der Waals surface area (Å²) >= 11 is 0. The van der Waals surface area contributed by atoms with Crippen LogP contribution in [-0.4, -0.2) is 23.6 Å². The van der Waals surface area contributed by atoms with Gasteiger partial charge in [0.05, 0.1) is 19.1 Å². The number of aromatic nitrogens is 2. The number of nitrogens with zero attached hydrogens (tertiary/aromatic N) is 3. The second-order valence-electron chi connectivity index (χ2n) is 6.67. The Morgan fingerprint density at radius 2 is 1.90 bits per heavy atom. The van der Waals surface area contributed by atoms with E-state index >= 15 is 0 Å². The van der Waals surface area contributed by atoms with Crippen LogP contribution >= 0.6 is 37.2 Å². The Morgan fingerprint density at radius 1 is 1.10 bits per heavy atom. The molecule has 0 spiro atoms. The summed E-state index contributed by atoms with van der Waals surface area (Å²) in [5, 5.41) is 0. The highest BCUT2D eigenvalue weighted by Gasteiger charge is 2.04. The fourth-order valence-electron chi connectivity index (χ4n) is 2.90. The number of nitrogen functional groups attached to an aromatic ring is 1. The van der Waals surface area contributed by atoms with Crippen molar-refractivity contribution in [1.82, 2.24) is 9.97 Å². The highest BCUT2D eigenvalue weighted by molar-refractivity contribution is 5.86. The number of halogens is 3. The van der Waals surface area contributed by atoms with E-state index in [-0.39, 0.29) is 37.2 Å². The summed E-state index contributed by atoms with van der Waals surface area (Å²) in [4.78, 5) is 13.2. The summed E-state index contributed by atoms with van der Waals surface area (Å²) in [6.45, 7) is 2.65. The first-order valence-electron chi connectivity index (χ1n) is 9.43. The average Bonchev–Trinajstić information content (AvgIpc) is 2.71. The SMILES string of the molecule is COc1cccnc1CCCCN=c1cc(N)c(Cc2ccc(C)nc2)co1.Cl.Cl.Cl. The molecule has 3 aromatic rings. The number of methoxy groups -OCH3 is 1. The van der Waals surface area contributed by atoms with E-state index in [9.17, 15) is 0 Å². The van der Waals surface area contributed by atoms with Gasteiger partial charge in [0.2, 0.25) is 5.55 Å². The summed E-state index contributed by atoms with van der Waals surface area (Å²) in [6, 6.07) is 9.65. The van der Waals surface area contributed by atoms with E-state index in [0.29, 0.717) is 24.2 Å². The van der Waals surface area contributed by atoms with Gasteiger partial charge in [0.25, 0.3) is 0 Å². The van der Waals surface area contributed by atoms with Crippen LogP contribution in [0.5, 0.6) is 5.75 Å².